The maximum atomic E-state index is 10.3. The average Bonchev–Trinajstić information content (AvgIpc) is 2.40. The van der Waals surface area contributed by atoms with E-state index < -0.39 is 0 Å². The number of carbonyl (C=O) groups excluding carboxylic acids is 2. The number of rotatable bonds is 2. The van der Waals surface area contributed by atoms with Gasteiger partial charge in [-0.05, 0) is 42.8 Å². The molecule has 0 spiro atoms. The van der Waals surface area contributed by atoms with Gasteiger partial charge in [0.2, 0.25) is 0 Å². The highest BCUT2D eigenvalue weighted by atomic mass is 35.5. The van der Waals surface area contributed by atoms with Crippen LogP contribution in [0.15, 0.2) is 36.4 Å². The SMILES string of the molecule is Cc1ccc(C=O)c(Cl)c1.O=Cc1ccc(O)cc1Cl. The quantitative estimate of drug-likeness (QED) is 0.840. The Labute approximate surface area is 126 Å². The largest absolute Gasteiger partial charge is 0.508 e. The van der Waals surface area contributed by atoms with Crippen LogP contribution < -0.4 is 0 Å². The third kappa shape index (κ3) is 4.68. The second-order valence-corrected chi connectivity index (χ2v) is 4.78. The minimum atomic E-state index is 0.0654. The number of aromatic hydroxyl groups is 1. The van der Waals surface area contributed by atoms with Crippen LogP contribution in [0, 0.1) is 6.92 Å². The summed E-state index contributed by atoms with van der Waals surface area (Å²) in [5.41, 5.74) is 2.00. The molecule has 0 saturated carbocycles. The fraction of sp³-hybridized carbons (Fsp3) is 0.0667. The van der Waals surface area contributed by atoms with Crippen LogP contribution in [0.5, 0.6) is 5.75 Å². The smallest absolute Gasteiger partial charge is 0.151 e. The predicted molar refractivity (Wildman–Crippen MR) is 80.1 cm³/mol. The van der Waals surface area contributed by atoms with E-state index in [4.69, 9.17) is 28.3 Å². The number of hydrogen-bond donors (Lipinski definition) is 1. The van der Waals surface area contributed by atoms with E-state index in [1.807, 2.05) is 13.0 Å². The van der Waals surface area contributed by atoms with E-state index in [1.54, 1.807) is 12.1 Å². The van der Waals surface area contributed by atoms with Crippen molar-refractivity contribution in [3.05, 3.63) is 63.1 Å². The lowest BCUT2D eigenvalue weighted by molar-refractivity contribution is 0.111. The van der Waals surface area contributed by atoms with E-state index in [-0.39, 0.29) is 10.8 Å². The molecule has 0 aliphatic heterocycles. The molecule has 0 amide bonds. The van der Waals surface area contributed by atoms with Crippen molar-refractivity contribution < 1.29 is 14.7 Å². The van der Waals surface area contributed by atoms with Crippen LogP contribution >= 0.6 is 23.2 Å². The van der Waals surface area contributed by atoms with Gasteiger partial charge in [-0.15, -0.1) is 0 Å². The van der Waals surface area contributed by atoms with Crippen molar-refractivity contribution in [1.29, 1.82) is 0 Å². The molecule has 0 bridgehead atoms. The second-order valence-electron chi connectivity index (χ2n) is 3.97. The molecular weight excluding hydrogens is 299 g/mol. The monoisotopic (exact) mass is 310 g/mol. The van der Waals surface area contributed by atoms with Crippen molar-refractivity contribution in [2.45, 2.75) is 6.92 Å². The summed E-state index contributed by atoms with van der Waals surface area (Å²) in [5.74, 6) is 0.0654. The lowest BCUT2D eigenvalue weighted by atomic mass is 10.2. The summed E-state index contributed by atoms with van der Waals surface area (Å²) in [6, 6.07) is 9.54. The standard InChI is InChI=1S/C8H7ClO.C7H5ClO2/c1-6-2-3-7(5-10)8(9)4-6;8-7-3-6(10)2-1-5(7)4-9/h2-5H,1H3;1-4,10H. The van der Waals surface area contributed by atoms with E-state index in [9.17, 15) is 9.59 Å². The topological polar surface area (TPSA) is 54.4 Å². The van der Waals surface area contributed by atoms with Crippen molar-refractivity contribution >= 4 is 35.8 Å². The molecule has 0 unspecified atom stereocenters. The first kappa shape index (κ1) is 16.2. The first-order valence-electron chi connectivity index (χ1n) is 5.63. The normalized spacial score (nSPS) is 9.35. The minimum absolute atomic E-state index is 0.0654. The van der Waals surface area contributed by atoms with Gasteiger partial charge in [0.15, 0.2) is 12.6 Å². The Morgan fingerprint density at radius 3 is 1.85 bits per heavy atom. The number of halogens is 2. The summed E-state index contributed by atoms with van der Waals surface area (Å²) in [6.45, 7) is 1.93. The number of carbonyl (C=O) groups is 2. The number of benzene rings is 2. The van der Waals surface area contributed by atoms with Crippen LogP contribution in [-0.2, 0) is 0 Å². The first-order chi connectivity index (χ1) is 9.47. The third-order valence-electron chi connectivity index (χ3n) is 2.39. The van der Waals surface area contributed by atoms with Crippen LogP contribution in [0.4, 0.5) is 0 Å². The van der Waals surface area contributed by atoms with Crippen LogP contribution in [0.3, 0.4) is 0 Å². The van der Waals surface area contributed by atoms with Gasteiger partial charge in [0.25, 0.3) is 0 Å². The van der Waals surface area contributed by atoms with Gasteiger partial charge in [-0.2, -0.15) is 0 Å². The third-order valence-corrected chi connectivity index (χ3v) is 3.05. The summed E-state index contributed by atoms with van der Waals surface area (Å²) >= 11 is 11.2. The Balaban J connectivity index is 0.000000200. The highest BCUT2D eigenvalue weighted by Gasteiger charge is 1.98. The average molecular weight is 311 g/mol. The Hall–Kier alpha value is -1.84. The lowest BCUT2D eigenvalue weighted by Gasteiger charge is -1.95. The van der Waals surface area contributed by atoms with Gasteiger partial charge in [0, 0.05) is 11.1 Å². The molecule has 0 fully saturated rings. The zero-order valence-corrected chi connectivity index (χ0v) is 12.2. The predicted octanol–water partition coefficient (Wildman–Crippen LogP) is 4.32. The van der Waals surface area contributed by atoms with Gasteiger partial charge < -0.3 is 5.11 Å². The molecule has 0 aliphatic carbocycles. The molecule has 2 aromatic rings. The van der Waals surface area contributed by atoms with E-state index in [0.29, 0.717) is 22.4 Å². The highest BCUT2D eigenvalue weighted by molar-refractivity contribution is 6.33. The lowest BCUT2D eigenvalue weighted by Crippen LogP contribution is -1.81. The number of phenols is 1. The molecule has 0 atom stereocenters. The van der Waals surface area contributed by atoms with E-state index in [1.165, 1.54) is 18.2 Å². The highest BCUT2D eigenvalue weighted by Crippen LogP contribution is 2.19. The van der Waals surface area contributed by atoms with E-state index in [0.717, 1.165) is 11.8 Å². The summed E-state index contributed by atoms with van der Waals surface area (Å²) in [4.78, 5) is 20.4. The van der Waals surface area contributed by atoms with Gasteiger partial charge in [0.05, 0.1) is 10.0 Å². The van der Waals surface area contributed by atoms with Crippen molar-refractivity contribution in [1.82, 2.24) is 0 Å². The molecule has 20 heavy (non-hydrogen) atoms. The van der Waals surface area contributed by atoms with Gasteiger partial charge in [-0.3, -0.25) is 9.59 Å². The number of aldehydes is 2. The Morgan fingerprint density at radius 1 is 0.900 bits per heavy atom. The second kappa shape index (κ2) is 7.68. The van der Waals surface area contributed by atoms with E-state index in [2.05, 4.69) is 0 Å². The molecule has 2 rings (SSSR count). The van der Waals surface area contributed by atoms with Gasteiger partial charge in [-0.1, -0.05) is 29.3 Å². The summed E-state index contributed by atoms with van der Waals surface area (Å²) in [6.07, 6.45) is 1.39. The van der Waals surface area contributed by atoms with Crippen molar-refractivity contribution in [2.75, 3.05) is 0 Å². The first-order valence-corrected chi connectivity index (χ1v) is 6.38. The molecular formula is C15H12Cl2O3. The summed E-state index contributed by atoms with van der Waals surface area (Å²) in [5, 5.41) is 9.63. The molecule has 0 saturated heterocycles. The number of phenolic OH excluding ortho intramolecular Hbond substituents is 1. The zero-order valence-electron chi connectivity index (χ0n) is 10.6. The Bertz CT molecular complexity index is 569. The van der Waals surface area contributed by atoms with Gasteiger partial charge in [-0.25, -0.2) is 0 Å². The van der Waals surface area contributed by atoms with Crippen LogP contribution in [0.1, 0.15) is 26.3 Å². The molecule has 0 aliphatic rings. The maximum Gasteiger partial charge on any atom is 0.151 e. The van der Waals surface area contributed by atoms with Crippen molar-refractivity contribution in [3.8, 4) is 5.75 Å². The van der Waals surface area contributed by atoms with Crippen LogP contribution in [0.2, 0.25) is 10.0 Å². The fourth-order valence-corrected chi connectivity index (χ4v) is 1.84. The van der Waals surface area contributed by atoms with Gasteiger partial charge >= 0.3 is 0 Å². The molecule has 5 heteroatoms. The Morgan fingerprint density at radius 2 is 1.40 bits per heavy atom. The Kier molecular flexibility index (Phi) is 6.22. The molecule has 104 valence electrons. The van der Waals surface area contributed by atoms with Crippen molar-refractivity contribution in [3.63, 3.8) is 0 Å². The van der Waals surface area contributed by atoms with Crippen LogP contribution in [-0.4, -0.2) is 17.7 Å². The van der Waals surface area contributed by atoms with E-state index >= 15 is 0 Å². The minimum Gasteiger partial charge on any atom is -0.508 e. The molecule has 2 aromatic carbocycles. The molecule has 1 N–H and O–H groups in total. The number of hydrogen-bond acceptors (Lipinski definition) is 3. The maximum absolute atomic E-state index is 10.3. The molecule has 3 nitrogen and oxygen atoms in total. The number of aryl methyl sites for hydroxylation is 1. The van der Waals surface area contributed by atoms with Crippen LogP contribution in [0.25, 0.3) is 0 Å². The molecule has 0 radical (unpaired) electrons. The molecule has 0 heterocycles. The summed E-state index contributed by atoms with van der Waals surface area (Å²) < 4.78 is 0. The zero-order chi connectivity index (χ0) is 15.1. The summed E-state index contributed by atoms with van der Waals surface area (Å²) in [7, 11) is 0. The fourth-order valence-electron chi connectivity index (χ4n) is 1.34. The van der Waals surface area contributed by atoms with Gasteiger partial charge in [0.1, 0.15) is 5.75 Å². The van der Waals surface area contributed by atoms with Crippen molar-refractivity contribution in [2.24, 2.45) is 0 Å². The molecule has 0 aromatic heterocycles.